The van der Waals surface area contributed by atoms with Crippen LogP contribution in [0.3, 0.4) is 0 Å². The van der Waals surface area contributed by atoms with Crippen LogP contribution in [0.25, 0.3) is 0 Å². The molecule has 0 spiro atoms. The van der Waals surface area contributed by atoms with E-state index in [-0.39, 0.29) is 21.1 Å². The number of nitrogens with zero attached hydrogens (tertiary/aromatic N) is 1. The van der Waals surface area contributed by atoms with E-state index >= 15 is 0 Å². The number of hydrogen-bond acceptors (Lipinski definition) is 1. The standard InChI is InChI=1S/C31H27NP2.C8H16.Pt/c1-5-16-28(17-6-1)33(29-18-7-2-8-19-29)24-26-14-13-15-27(32-26)25-34(30-20-9-3-10-21-30)31-22-11-4-12-23-31;1-6-8(4,5)7(2)3;/h1-23H,24-25H2;6-7H,1H2,2-5H3;/q;;+2. The Labute approximate surface area is 276 Å². The SMILES string of the molecule is C=CC(C)(C)C(C)C.[Pt+2].c1ccc(P(Cc2cccc(CP(c3ccccc3)c3ccccc3)n2)c2ccccc2)cc1. The van der Waals surface area contributed by atoms with Crippen LogP contribution >= 0.6 is 15.8 Å². The van der Waals surface area contributed by atoms with Crippen molar-refractivity contribution in [1.29, 1.82) is 0 Å². The van der Waals surface area contributed by atoms with Gasteiger partial charge in [0.25, 0.3) is 0 Å². The average Bonchev–Trinajstić information content (AvgIpc) is 3.04. The molecule has 5 rings (SSSR count). The summed E-state index contributed by atoms with van der Waals surface area (Å²) in [6.07, 6.45) is 3.91. The molecule has 0 bridgehead atoms. The van der Waals surface area contributed by atoms with Crippen molar-refractivity contribution in [2.24, 2.45) is 11.3 Å². The minimum absolute atomic E-state index is 0. The number of allylic oxidation sites excluding steroid dienone is 1. The van der Waals surface area contributed by atoms with Crippen LogP contribution in [0.1, 0.15) is 39.1 Å². The molecule has 222 valence electrons. The summed E-state index contributed by atoms with van der Waals surface area (Å²) in [5.74, 6) is 0.694. The summed E-state index contributed by atoms with van der Waals surface area (Å²) >= 11 is 0. The van der Waals surface area contributed by atoms with Crippen molar-refractivity contribution in [1.82, 2.24) is 4.98 Å². The first-order valence-corrected chi connectivity index (χ1v) is 17.8. The van der Waals surface area contributed by atoms with Crippen molar-refractivity contribution in [3.63, 3.8) is 0 Å². The molecule has 0 amide bonds. The smallest absolute Gasteiger partial charge is 0.257 e. The fourth-order valence-electron chi connectivity index (χ4n) is 4.36. The second kappa shape index (κ2) is 17.6. The van der Waals surface area contributed by atoms with E-state index in [1.54, 1.807) is 0 Å². The van der Waals surface area contributed by atoms with Gasteiger partial charge in [-0.3, -0.25) is 4.98 Å². The molecule has 0 N–H and O–H groups in total. The van der Waals surface area contributed by atoms with Gasteiger partial charge in [0.1, 0.15) is 0 Å². The van der Waals surface area contributed by atoms with E-state index in [9.17, 15) is 0 Å². The second-order valence-corrected chi connectivity index (χ2v) is 15.7. The Balaban J connectivity index is 0.000000497. The number of benzene rings is 4. The van der Waals surface area contributed by atoms with Gasteiger partial charge in [-0.25, -0.2) is 0 Å². The molecular weight excluding hydrogens is 739 g/mol. The maximum atomic E-state index is 5.19. The third-order valence-electron chi connectivity index (χ3n) is 7.79. The van der Waals surface area contributed by atoms with Crippen molar-refractivity contribution in [3.8, 4) is 0 Å². The molecule has 0 aliphatic rings. The van der Waals surface area contributed by atoms with Crippen LogP contribution < -0.4 is 21.2 Å². The molecule has 43 heavy (non-hydrogen) atoms. The molecule has 1 aromatic heterocycles. The first-order valence-electron chi connectivity index (χ1n) is 14.7. The Kier molecular flexibility index (Phi) is 14.2. The molecular formula is C39H43NP2Pt+2. The summed E-state index contributed by atoms with van der Waals surface area (Å²) in [6, 6.07) is 50.1. The predicted molar refractivity (Wildman–Crippen MR) is 189 cm³/mol. The Bertz CT molecular complexity index is 1310. The number of rotatable bonds is 10. The minimum atomic E-state index is -0.505. The average molecular weight is 783 g/mol. The topological polar surface area (TPSA) is 12.9 Å². The van der Waals surface area contributed by atoms with Crippen LogP contribution in [0.4, 0.5) is 0 Å². The molecule has 1 heterocycles. The summed E-state index contributed by atoms with van der Waals surface area (Å²) in [4.78, 5) is 5.19. The Hall–Kier alpha value is -2.68. The van der Waals surface area contributed by atoms with Crippen LogP contribution in [0.2, 0.25) is 0 Å². The van der Waals surface area contributed by atoms with Crippen LogP contribution in [0.5, 0.6) is 0 Å². The summed E-state index contributed by atoms with van der Waals surface area (Å²) in [5.41, 5.74) is 2.65. The molecule has 0 unspecified atom stereocenters. The van der Waals surface area contributed by atoms with Gasteiger partial charge < -0.3 is 0 Å². The molecule has 0 aliphatic heterocycles. The third-order valence-corrected chi connectivity index (χ3v) is 12.8. The Morgan fingerprint density at radius 3 is 1.09 bits per heavy atom. The molecule has 0 aliphatic carbocycles. The van der Waals surface area contributed by atoms with E-state index in [1.165, 1.54) is 32.6 Å². The van der Waals surface area contributed by atoms with Gasteiger partial charge in [-0.05, 0) is 60.5 Å². The molecule has 5 aromatic rings. The molecule has 0 fully saturated rings. The van der Waals surface area contributed by atoms with Gasteiger partial charge in [0.05, 0.1) is 0 Å². The van der Waals surface area contributed by atoms with Crippen LogP contribution in [0, 0.1) is 11.3 Å². The van der Waals surface area contributed by atoms with E-state index in [2.05, 4.69) is 174 Å². The third kappa shape index (κ3) is 10.5. The van der Waals surface area contributed by atoms with E-state index in [0.717, 1.165) is 12.3 Å². The van der Waals surface area contributed by atoms with E-state index in [1.807, 2.05) is 6.08 Å². The number of hydrogen-bond donors (Lipinski definition) is 0. The summed E-state index contributed by atoms with van der Waals surface area (Å²) < 4.78 is 0. The van der Waals surface area contributed by atoms with E-state index in [0.29, 0.717) is 11.3 Å². The zero-order valence-corrected chi connectivity index (χ0v) is 29.8. The van der Waals surface area contributed by atoms with E-state index < -0.39 is 15.8 Å². The first-order chi connectivity index (χ1) is 20.4. The van der Waals surface area contributed by atoms with Crippen molar-refractivity contribution < 1.29 is 21.1 Å². The molecule has 4 aromatic carbocycles. The fraction of sp³-hybridized carbons (Fsp3) is 0.205. The van der Waals surface area contributed by atoms with Gasteiger partial charge in [-0.15, -0.1) is 6.58 Å². The van der Waals surface area contributed by atoms with Crippen molar-refractivity contribution in [2.75, 3.05) is 0 Å². The van der Waals surface area contributed by atoms with Gasteiger partial charge >= 0.3 is 21.1 Å². The van der Waals surface area contributed by atoms with Crippen molar-refractivity contribution in [3.05, 3.63) is 164 Å². The van der Waals surface area contributed by atoms with Gasteiger partial charge in [0.15, 0.2) is 0 Å². The second-order valence-electron chi connectivity index (χ2n) is 11.3. The fourth-order valence-corrected chi connectivity index (χ4v) is 8.82. The first kappa shape index (κ1) is 34.8. The molecule has 0 radical (unpaired) electrons. The maximum absolute atomic E-state index is 5.19. The zero-order chi connectivity index (χ0) is 29.8. The zero-order valence-electron chi connectivity index (χ0n) is 25.7. The molecule has 4 heteroatoms. The summed E-state index contributed by atoms with van der Waals surface area (Å²) in [5, 5.41) is 5.58. The van der Waals surface area contributed by atoms with Crippen LogP contribution in [0.15, 0.2) is 152 Å². The largest absolute Gasteiger partial charge is 2.00 e. The minimum Gasteiger partial charge on any atom is -0.257 e. The van der Waals surface area contributed by atoms with Crippen molar-refractivity contribution >= 4 is 37.1 Å². The summed E-state index contributed by atoms with van der Waals surface area (Å²) in [6.45, 7) is 12.6. The summed E-state index contributed by atoms with van der Waals surface area (Å²) in [7, 11) is -1.01. The predicted octanol–water partition coefficient (Wildman–Crippen LogP) is 9.20. The van der Waals surface area contributed by atoms with Gasteiger partial charge in [-0.1, -0.05) is 161 Å². The molecule has 1 nitrogen and oxygen atoms in total. The Morgan fingerprint density at radius 1 is 0.558 bits per heavy atom. The van der Waals surface area contributed by atoms with Gasteiger partial charge in [-0.2, -0.15) is 0 Å². The maximum Gasteiger partial charge on any atom is 2.00 e. The number of pyridine rings is 1. The van der Waals surface area contributed by atoms with Crippen molar-refractivity contribution in [2.45, 2.75) is 40.0 Å². The van der Waals surface area contributed by atoms with E-state index in [4.69, 9.17) is 4.98 Å². The Morgan fingerprint density at radius 2 is 0.860 bits per heavy atom. The van der Waals surface area contributed by atoms with Gasteiger partial charge in [0, 0.05) is 23.7 Å². The monoisotopic (exact) mass is 782 g/mol. The quantitative estimate of drug-likeness (QED) is 0.102. The van der Waals surface area contributed by atoms with Crippen LogP contribution in [-0.2, 0) is 33.4 Å². The number of aromatic nitrogens is 1. The molecule has 0 atom stereocenters. The van der Waals surface area contributed by atoms with Gasteiger partial charge in [0.2, 0.25) is 0 Å². The molecule has 0 saturated heterocycles. The molecule has 0 saturated carbocycles. The normalized spacial score (nSPS) is 11.0. The van der Waals surface area contributed by atoms with Crippen LogP contribution in [-0.4, -0.2) is 4.98 Å².